The van der Waals surface area contributed by atoms with Crippen LogP contribution in [-0.2, 0) is 27.9 Å². The van der Waals surface area contributed by atoms with Gasteiger partial charge in [-0.1, -0.05) is 13.3 Å². The van der Waals surface area contributed by atoms with Gasteiger partial charge in [0.05, 0.1) is 10.5 Å². The largest absolute Gasteiger partial charge is 0.454 e. The second kappa shape index (κ2) is 8.57. The standard InChI is InChI=1S/C17H23N5O4S/c1-2-10-22-16(18-19-20-22)13-26-17(23)14-6-8-15(9-7-14)27(24,25)21-11-4-3-5-12-21/h6-9H,2-5,10-13H2,1H3. The highest BCUT2D eigenvalue weighted by Gasteiger charge is 2.26. The van der Waals surface area contributed by atoms with E-state index in [2.05, 4.69) is 15.5 Å². The molecule has 146 valence electrons. The molecule has 1 aliphatic rings. The summed E-state index contributed by atoms with van der Waals surface area (Å²) in [5.41, 5.74) is 0.280. The van der Waals surface area contributed by atoms with Crippen molar-refractivity contribution in [3.05, 3.63) is 35.7 Å². The number of hydrogen-bond acceptors (Lipinski definition) is 7. The van der Waals surface area contributed by atoms with Gasteiger partial charge in [-0.2, -0.15) is 4.31 Å². The Morgan fingerprint density at radius 1 is 1.15 bits per heavy atom. The van der Waals surface area contributed by atoms with Crippen LogP contribution in [0.2, 0.25) is 0 Å². The van der Waals surface area contributed by atoms with Gasteiger partial charge in [0.1, 0.15) is 0 Å². The first-order chi connectivity index (χ1) is 13.0. The molecule has 10 heteroatoms. The van der Waals surface area contributed by atoms with E-state index >= 15 is 0 Å². The van der Waals surface area contributed by atoms with Gasteiger partial charge in [-0.05, 0) is 54.0 Å². The van der Waals surface area contributed by atoms with Crippen molar-refractivity contribution in [2.24, 2.45) is 0 Å². The molecule has 3 rings (SSSR count). The maximum Gasteiger partial charge on any atom is 0.338 e. The summed E-state index contributed by atoms with van der Waals surface area (Å²) in [6.07, 6.45) is 3.67. The lowest BCUT2D eigenvalue weighted by molar-refractivity contribution is 0.0456. The van der Waals surface area contributed by atoms with Crippen LogP contribution >= 0.6 is 0 Å². The molecule has 0 aliphatic carbocycles. The Morgan fingerprint density at radius 2 is 1.85 bits per heavy atom. The number of aromatic nitrogens is 4. The third kappa shape index (κ3) is 4.51. The fourth-order valence-corrected chi connectivity index (χ4v) is 4.46. The molecular formula is C17H23N5O4S. The third-order valence-corrected chi connectivity index (χ3v) is 6.33. The van der Waals surface area contributed by atoms with Crippen LogP contribution in [0.4, 0.5) is 0 Å². The molecule has 0 bridgehead atoms. The molecular weight excluding hydrogens is 370 g/mol. The molecule has 0 amide bonds. The van der Waals surface area contributed by atoms with Crippen molar-refractivity contribution in [2.45, 2.75) is 50.7 Å². The molecule has 0 N–H and O–H groups in total. The lowest BCUT2D eigenvalue weighted by Gasteiger charge is -2.25. The Bertz CT molecular complexity index is 873. The molecule has 2 heterocycles. The summed E-state index contributed by atoms with van der Waals surface area (Å²) in [5, 5.41) is 11.2. The zero-order valence-electron chi connectivity index (χ0n) is 15.2. The van der Waals surface area contributed by atoms with Crippen molar-refractivity contribution in [3.63, 3.8) is 0 Å². The number of hydrogen-bond donors (Lipinski definition) is 0. The molecule has 9 nitrogen and oxygen atoms in total. The van der Waals surface area contributed by atoms with Gasteiger partial charge in [0.25, 0.3) is 0 Å². The molecule has 0 radical (unpaired) electrons. The van der Waals surface area contributed by atoms with Crippen molar-refractivity contribution in [1.29, 1.82) is 0 Å². The van der Waals surface area contributed by atoms with Gasteiger partial charge in [0.2, 0.25) is 10.0 Å². The number of aryl methyl sites for hydroxylation is 1. The van der Waals surface area contributed by atoms with Crippen LogP contribution in [0.15, 0.2) is 29.2 Å². The van der Waals surface area contributed by atoms with E-state index in [0.717, 1.165) is 25.7 Å². The highest BCUT2D eigenvalue weighted by molar-refractivity contribution is 7.89. The van der Waals surface area contributed by atoms with E-state index in [4.69, 9.17) is 4.74 Å². The average Bonchev–Trinajstić information content (AvgIpc) is 3.14. The number of tetrazole rings is 1. The van der Waals surface area contributed by atoms with Crippen LogP contribution in [0.25, 0.3) is 0 Å². The van der Waals surface area contributed by atoms with Crippen LogP contribution in [0.1, 0.15) is 48.8 Å². The van der Waals surface area contributed by atoms with Crippen molar-refractivity contribution < 1.29 is 17.9 Å². The van der Waals surface area contributed by atoms with Gasteiger partial charge in [-0.15, -0.1) is 5.10 Å². The van der Waals surface area contributed by atoms with Crippen LogP contribution in [0.5, 0.6) is 0 Å². The Labute approximate surface area is 158 Å². The van der Waals surface area contributed by atoms with Crippen LogP contribution < -0.4 is 0 Å². The lowest BCUT2D eigenvalue weighted by Crippen LogP contribution is -2.35. The van der Waals surface area contributed by atoms with Crippen molar-refractivity contribution >= 4 is 16.0 Å². The van der Waals surface area contributed by atoms with Crippen molar-refractivity contribution in [1.82, 2.24) is 24.5 Å². The van der Waals surface area contributed by atoms with Crippen molar-refractivity contribution in [3.8, 4) is 0 Å². The van der Waals surface area contributed by atoms with Gasteiger partial charge in [-0.3, -0.25) is 0 Å². The lowest BCUT2D eigenvalue weighted by atomic mass is 10.2. The van der Waals surface area contributed by atoms with E-state index in [-0.39, 0.29) is 17.1 Å². The maximum atomic E-state index is 12.6. The maximum absolute atomic E-state index is 12.6. The van der Waals surface area contributed by atoms with E-state index in [1.54, 1.807) is 4.68 Å². The monoisotopic (exact) mass is 393 g/mol. The Morgan fingerprint density at radius 3 is 2.52 bits per heavy atom. The van der Waals surface area contributed by atoms with Gasteiger partial charge in [-0.25, -0.2) is 17.9 Å². The van der Waals surface area contributed by atoms with E-state index < -0.39 is 16.0 Å². The summed E-state index contributed by atoms with van der Waals surface area (Å²) in [5.74, 6) is -0.0857. The average molecular weight is 393 g/mol. The zero-order valence-corrected chi connectivity index (χ0v) is 16.1. The second-order valence-corrected chi connectivity index (χ2v) is 8.32. The highest BCUT2D eigenvalue weighted by atomic mass is 32.2. The van der Waals surface area contributed by atoms with Crippen LogP contribution in [0.3, 0.4) is 0 Å². The number of carbonyl (C=O) groups is 1. The Balaban J connectivity index is 1.64. The van der Waals surface area contributed by atoms with Gasteiger partial charge < -0.3 is 4.74 Å². The molecule has 2 aromatic rings. The fraction of sp³-hybridized carbons (Fsp3) is 0.529. The van der Waals surface area contributed by atoms with Gasteiger partial charge in [0, 0.05) is 19.6 Å². The molecule has 1 aromatic heterocycles. The van der Waals surface area contributed by atoms with E-state index in [9.17, 15) is 13.2 Å². The number of piperidine rings is 1. The Hall–Kier alpha value is -2.33. The first kappa shape index (κ1) is 19.4. The predicted molar refractivity (Wildman–Crippen MR) is 96.3 cm³/mol. The molecule has 0 unspecified atom stereocenters. The van der Waals surface area contributed by atoms with E-state index in [0.29, 0.717) is 25.5 Å². The van der Waals surface area contributed by atoms with Crippen LogP contribution in [-0.4, -0.2) is 52.0 Å². The highest BCUT2D eigenvalue weighted by Crippen LogP contribution is 2.21. The zero-order chi connectivity index (χ0) is 19.3. The molecule has 1 saturated heterocycles. The number of benzene rings is 1. The van der Waals surface area contributed by atoms with E-state index in [1.165, 1.54) is 28.6 Å². The summed E-state index contributed by atoms with van der Waals surface area (Å²) in [7, 11) is -3.51. The summed E-state index contributed by atoms with van der Waals surface area (Å²) < 4.78 is 33.6. The number of nitrogens with zero attached hydrogens (tertiary/aromatic N) is 5. The normalized spacial score (nSPS) is 15.6. The number of carbonyl (C=O) groups excluding carboxylic acids is 1. The SMILES string of the molecule is CCCn1nnnc1COC(=O)c1ccc(S(=O)(=O)N2CCCCC2)cc1. The molecule has 1 aliphatic heterocycles. The number of sulfonamides is 1. The first-order valence-electron chi connectivity index (χ1n) is 9.04. The summed E-state index contributed by atoms with van der Waals surface area (Å²) >= 11 is 0. The predicted octanol–water partition coefficient (Wildman–Crippen LogP) is 1.61. The molecule has 0 saturated carbocycles. The summed E-state index contributed by atoms with van der Waals surface area (Å²) in [4.78, 5) is 12.4. The molecule has 1 fully saturated rings. The first-order valence-corrected chi connectivity index (χ1v) is 10.5. The molecule has 27 heavy (non-hydrogen) atoms. The van der Waals surface area contributed by atoms with Crippen molar-refractivity contribution in [2.75, 3.05) is 13.1 Å². The minimum absolute atomic E-state index is 0.0420. The molecule has 0 spiro atoms. The third-order valence-electron chi connectivity index (χ3n) is 4.42. The quantitative estimate of drug-likeness (QED) is 0.658. The Kier molecular flexibility index (Phi) is 6.17. The number of esters is 1. The molecule has 1 aromatic carbocycles. The second-order valence-electron chi connectivity index (χ2n) is 6.38. The molecule has 0 atom stereocenters. The van der Waals surface area contributed by atoms with Gasteiger partial charge in [0.15, 0.2) is 12.4 Å². The number of rotatable bonds is 7. The fourth-order valence-electron chi connectivity index (χ4n) is 2.94. The summed E-state index contributed by atoms with van der Waals surface area (Å²) in [6.45, 7) is 3.68. The summed E-state index contributed by atoms with van der Waals surface area (Å²) in [6, 6.07) is 5.83. The minimum Gasteiger partial charge on any atom is -0.454 e. The minimum atomic E-state index is -3.51. The topological polar surface area (TPSA) is 107 Å². The number of ether oxygens (including phenoxy) is 1. The smallest absolute Gasteiger partial charge is 0.338 e. The van der Waals surface area contributed by atoms with Crippen LogP contribution in [0, 0.1) is 0 Å². The van der Waals surface area contributed by atoms with Gasteiger partial charge >= 0.3 is 5.97 Å². The van der Waals surface area contributed by atoms with E-state index in [1.807, 2.05) is 6.92 Å².